The van der Waals surface area contributed by atoms with E-state index in [2.05, 4.69) is 37.2 Å². The number of rotatable bonds is 13. The van der Waals surface area contributed by atoms with Crippen molar-refractivity contribution in [1.29, 1.82) is 0 Å². The molecule has 1 heterocycles. The summed E-state index contributed by atoms with van der Waals surface area (Å²) in [5.74, 6) is 0.868. The second-order valence-corrected chi connectivity index (χ2v) is 6.48. The van der Waals surface area contributed by atoms with Crippen LogP contribution in [0.3, 0.4) is 0 Å². The summed E-state index contributed by atoms with van der Waals surface area (Å²) in [7, 11) is 0. The van der Waals surface area contributed by atoms with Crippen LogP contribution in [0, 0.1) is 5.92 Å². The van der Waals surface area contributed by atoms with E-state index in [9.17, 15) is 0 Å². The zero-order chi connectivity index (χ0) is 15.2. The van der Waals surface area contributed by atoms with Gasteiger partial charge >= 0.3 is 0 Å². The Balaban J connectivity index is 2.30. The molecule has 1 atom stereocenters. The topological polar surface area (TPSA) is 12.9 Å². The lowest BCUT2D eigenvalue weighted by Crippen LogP contribution is -2.05. The quantitative estimate of drug-likeness (QED) is 0.374. The minimum atomic E-state index is 0.868. The molecule has 0 N–H and O–H groups in total. The molecule has 0 spiro atoms. The average Bonchev–Trinajstić information content (AvgIpc) is 2.52. The van der Waals surface area contributed by atoms with Crippen LogP contribution >= 0.6 is 0 Å². The maximum atomic E-state index is 4.27. The zero-order valence-electron chi connectivity index (χ0n) is 14.3. The van der Waals surface area contributed by atoms with Crippen LogP contribution in [-0.2, 0) is 6.42 Å². The Hall–Kier alpha value is -0.850. The first-order valence-electron chi connectivity index (χ1n) is 9.25. The summed E-state index contributed by atoms with van der Waals surface area (Å²) in [5.41, 5.74) is 1.42. The lowest BCUT2D eigenvalue weighted by molar-refractivity contribution is 0.402. The van der Waals surface area contributed by atoms with Gasteiger partial charge in [-0.2, -0.15) is 0 Å². The van der Waals surface area contributed by atoms with E-state index < -0.39 is 0 Å². The fourth-order valence-electron chi connectivity index (χ4n) is 3.10. The van der Waals surface area contributed by atoms with Crippen molar-refractivity contribution in [3.63, 3.8) is 0 Å². The van der Waals surface area contributed by atoms with Gasteiger partial charge in [0.2, 0.25) is 0 Å². The highest BCUT2D eigenvalue weighted by Gasteiger charge is 2.09. The molecule has 0 saturated heterocycles. The number of hydrogen-bond donors (Lipinski definition) is 0. The van der Waals surface area contributed by atoms with Gasteiger partial charge in [0.1, 0.15) is 0 Å². The van der Waals surface area contributed by atoms with E-state index in [1.54, 1.807) is 0 Å². The van der Waals surface area contributed by atoms with Crippen molar-refractivity contribution >= 4 is 0 Å². The van der Waals surface area contributed by atoms with E-state index in [0.717, 1.165) is 5.92 Å². The van der Waals surface area contributed by atoms with Crippen LogP contribution in [0.4, 0.5) is 0 Å². The van der Waals surface area contributed by atoms with Gasteiger partial charge in [0.15, 0.2) is 0 Å². The molecule has 0 aromatic carbocycles. The van der Waals surface area contributed by atoms with E-state index in [1.165, 1.54) is 82.6 Å². The average molecular weight is 290 g/mol. The number of hydrogen-bond acceptors (Lipinski definition) is 1. The maximum Gasteiger partial charge on any atom is 0.0299 e. The van der Waals surface area contributed by atoms with Crippen LogP contribution in [-0.4, -0.2) is 4.98 Å². The van der Waals surface area contributed by atoms with Crippen LogP contribution in [0.25, 0.3) is 0 Å². The predicted octanol–water partition coefficient (Wildman–Crippen LogP) is 6.57. The van der Waals surface area contributed by atoms with Gasteiger partial charge in [-0.1, -0.05) is 90.5 Å². The van der Waals surface area contributed by atoms with Gasteiger partial charge in [-0.05, 0) is 24.0 Å². The van der Waals surface area contributed by atoms with E-state index in [4.69, 9.17) is 0 Å². The fourth-order valence-corrected chi connectivity index (χ4v) is 3.10. The maximum absolute atomic E-state index is 4.27. The van der Waals surface area contributed by atoms with Crippen LogP contribution in [0.15, 0.2) is 24.5 Å². The highest BCUT2D eigenvalue weighted by molar-refractivity contribution is 5.09. The first-order chi connectivity index (χ1) is 10.4. The molecule has 0 saturated carbocycles. The minimum absolute atomic E-state index is 0.868. The van der Waals surface area contributed by atoms with Gasteiger partial charge in [-0.25, -0.2) is 0 Å². The van der Waals surface area contributed by atoms with E-state index in [-0.39, 0.29) is 0 Å². The van der Waals surface area contributed by atoms with Gasteiger partial charge < -0.3 is 0 Å². The van der Waals surface area contributed by atoms with Crippen molar-refractivity contribution in [2.24, 2.45) is 5.92 Å². The van der Waals surface area contributed by atoms with Crippen molar-refractivity contribution in [3.8, 4) is 0 Å². The molecule has 0 amide bonds. The van der Waals surface area contributed by atoms with Gasteiger partial charge in [-0.15, -0.1) is 0 Å². The SMILES string of the molecule is CCCCCCCC(CCCCCC)Cc1cccnc1. The monoisotopic (exact) mass is 289 g/mol. The Labute approximate surface area is 132 Å². The lowest BCUT2D eigenvalue weighted by atomic mass is 9.89. The fraction of sp³-hybridized carbons (Fsp3) is 0.750. The summed E-state index contributed by atoms with van der Waals surface area (Å²) in [5, 5.41) is 0. The van der Waals surface area contributed by atoms with Crippen molar-refractivity contribution in [2.45, 2.75) is 90.9 Å². The van der Waals surface area contributed by atoms with Crippen LogP contribution < -0.4 is 0 Å². The number of unbranched alkanes of at least 4 members (excludes halogenated alkanes) is 7. The summed E-state index contributed by atoms with van der Waals surface area (Å²) < 4.78 is 0. The molecule has 21 heavy (non-hydrogen) atoms. The number of nitrogens with zero attached hydrogens (tertiary/aromatic N) is 1. The standard InChI is InChI=1S/C20H35N/c1-3-5-7-9-11-14-19(13-10-8-6-4-2)17-20-15-12-16-21-18-20/h12,15-16,18-19H,3-11,13-14,17H2,1-2H3. The van der Waals surface area contributed by atoms with E-state index in [0.29, 0.717) is 0 Å². The second-order valence-electron chi connectivity index (χ2n) is 6.48. The van der Waals surface area contributed by atoms with Gasteiger partial charge in [0.25, 0.3) is 0 Å². The molecule has 1 nitrogen and oxygen atoms in total. The Morgan fingerprint density at radius 1 is 0.857 bits per heavy atom. The molecule has 0 radical (unpaired) electrons. The third kappa shape index (κ3) is 9.66. The Bertz CT molecular complexity index is 320. The molecule has 1 aromatic heterocycles. The predicted molar refractivity (Wildman–Crippen MR) is 93.6 cm³/mol. The largest absolute Gasteiger partial charge is 0.264 e. The van der Waals surface area contributed by atoms with E-state index in [1.807, 2.05) is 6.20 Å². The van der Waals surface area contributed by atoms with E-state index >= 15 is 0 Å². The molecule has 0 aliphatic carbocycles. The third-order valence-electron chi connectivity index (χ3n) is 4.43. The third-order valence-corrected chi connectivity index (χ3v) is 4.43. The highest BCUT2D eigenvalue weighted by atomic mass is 14.6. The van der Waals surface area contributed by atoms with Crippen LogP contribution in [0.5, 0.6) is 0 Å². The molecule has 1 heteroatoms. The minimum Gasteiger partial charge on any atom is -0.264 e. The van der Waals surface area contributed by atoms with Crippen LogP contribution in [0.1, 0.15) is 90.0 Å². The molecule has 1 aromatic rings. The number of pyridine rings is 1. The molecule has 1 rings (SSSR count). The molecular weight excluding hydrogens is 254 g/mol. The zero-order valence-corrected chi connectivity index (χ0v) is 14.3. The normalized spacial score (nSPS) is 12.5. The summed E-state index contributed by atoms with van der Waals surface area (Å²) in [6.45, 7) is 4.58. The van der Waals surface area contributed by atoms with Crippen molar-refractivity contribution in [3.05, 3.63) is 30.1 Å². The molecule has 120 valence electrons. The second kappa shape index (κ2) is 12.9. The first kappa shape index (κ1) is 18.2. The van der Waals surface area contributed by atoms with Crippen molar-refractivity contribution < 1.29 is 0 Å². The molecule has 0 fully saturated rings. The van der Waals surface area contributed by atoms with Crippen LogP contribution in [0.2, 0.25) is 0 Å². The number of aromatic nitrogens is 1. The van der Waals surface area contributed by atoms with Gasteiger partial charge in [0.05, 0.1) is 0 Å². The van der Waals surface area contributed by atoms with Crippen molar-refractivity contribution in [2.75, 3.05) is 0 Å². The van der Waals surface area contributed by atoms with Crippen molar-refractivity contribution in [1.82, 2.24) is 4.98 Å². The smallest absolute Gasteiger partial charge is 0.0299 e. The molecule has 0 aliphatic rings. The lowest BCUT2D eigenvalue weighted by Gasteiger charge is -2.17. The summed E-state index contributed by atoms with van der Waals surface area (Å²) >= 11 is 0. The highest BCUT2D eigenvalue weighted by Crippen LogP contribution is 2.22. The molecular formula is C20H35N. The molecule has 0 aliphatic heterocycles. The Morgan fingerprint density at radius 2 is 1.48 bits per heavy atom. The Morgan fingerprint density at radius 3 is 2.05 bits per heavy atom. The summed E-state index contributed by atoms with van der Waals surface area (Å²) in [6, 6.07) is 4.31. The van der Waals surface area contributed by atoms with Gasteiger partial charge in [0, 0.05) is 12.4 Å². The van der Waals surface area contributed by atoms with Gasteiger partial charge in [-0.3, -0.25) is 4.98 Å². The molecule has 0 bridgehead atoms. The molecule has 1 unspecified atom stereocenters. The Kier molecular flexibility index (Phi) is 11.1. The summed E-state index contributed by atoms with van der Waals surface area (Å²) in [4.78, 5) is 4.27. The first-order valence-corrected chi connectivity index (χ1v) is 9.25. The summed E-state index contributed by atoms with van der Waals surface area (Å²) in [6.07, 6.45) is 20.5.